The Morgan fingerprint density at radius 2 is 2.12 bits per heavy atom. The highest BCUT2D eigenvalue weighted by atomic mass is 16.6. The van der Waals surface area contributed by atoms with Gasteiger partial charge in [-0.15, -0.1) is 0 Å². The lowest BCUT2D eigenvalue weighted by molar-refractivity contribution is -0.118. The van der Waals surface area contributed by atoms with Crippen molar-refractivity contribution in [3.63, 3.8) is 0 Å². The van der Waals surface area contributed by atoms with E-state index in [4.69, 9.17) is 18.9 Å². The zero-order valence-corrected chi connectivity index (χ0v) is 21.1. The summed E-state index contributed by atoms with van der Waals surface area (Å²) in [4.78, 5) is 27.9. The molecule has 1 unspecified atom stereocenters. The maximum Gasteiger partial charge on any atom is 0.408 e. The summed E-state index contributed by atoms with van der Waals surface area (Å²) in [7, 11) is 1.66. The van der Waals surface area contributed by atoms with Crippen molar-refractivity contribution in [1.82, 2.24) is 10.3 Å². The summed E-state index contributed by atoms with van der Waals surface area (Å²) < 4.78 is 24.1. The predicted molar refractivity (Wildman–Crippen MR) is 128 cm³/mol. The van der Waals surface area contributed by atoms with Crippen LogP contribution in [0, 0.1) is 11.8 Å². The molecule has 1 aliphatic carbocycles. The number of amides is 1. The lowest BCUT2D eigenvalue weighted by Crippen LogP contribution is -2.56. The Kier molecular flexibility index (Phi) is 6.95. The first kappa shape index (κ1) is 24.9. The number of methoxy groups -OCH3 is 1. The van der Waals surface area contributed by atoms with Gasteiger partial charge in [0.2, 0.25) is 0 Å². The highest BCUT2D eigenvalue weighted by Gasteiger charge is 2.72. The van der Waals surface area contributed by atoms with Crippen LogP contribution in [0.4, 0.5) is 4.79 Å². The molecule has 3 aliphatic rings. The van der Waals surface area contributed by atoms with Crippen molar-refractivity contribution in [3.05, 3.63) is 45.9 Å². The number of H-pyrrole nitrogens is 1. The summed E-state index contributed by atoms with van der Waals surface area (Å²) >= 11 is 0. The normalized spacial score (nSPS) is 35.0. The number of rotatable bonds is 8. The van der Waals surface area contributed by atoms with Crippen LogP contribution in [-0.2, 0) is 18.9 Å². The van der Waals surface area contributed by atoms with E-state index >= 15 is 0 Å². The second-order valence-corrected chi connectivity index (χ2v) is 10.7. The van der Waals surface area contributed by atoms with Gasteiger partial charge in [-0.25, -0.2) is 4.79 Å². The summed E-state index contributed by atoms with van der Waals surface area (Å²) in [5.74, 6) is 0.0270. The van der Waals surface area contributed by atoms with Gasteiger partial charge >= 0.3 is 6.09 Å². The van der Waals surface area contributed by atoms with Crippen molar-refractivity contribution in [2.75, 3.05) is 13.7 Å². The van der Waals surface area contributed by atoms with E-state index in [1.165, 1.54) is 17.7 Å². The van der Waals surface area contributed by atoms with Crippen molar-refractivity contribution >= 4 is 6.09 Å². The maximum atomic E-state index is 13.0. The van der Waals surface area contributed by atoms with Gasteiger partial charge in [0.25, 0.3) is 0 Å². The molecule has 2 saturated heterocycles. The zero-order valence-electron chi connectivity index (χ0n) is 21.1. The minimum Gasteiger partial charge on any atom is -0.443 e. The van der Waals surface area contributed by atoms with Gasteiger partial charge in [-0.3, -0.25) is 4.79 Å². The number of allylic oxidation sites excluding steroid dienone is 1. The lowest BCUT2D eigenvalue weighted by Gasteiger charge is -2.42. The number of nitrogens with one attached hydrogen (secondary N) is 2. The summed E-state index contributed by atoms with van der Waals surface area (Å²) in [6.45, 7) is 10.9. The second kappa shape index (κ2) is 9.47. The van der Waals surface area contributed by atoms with Crippen LogP contribution >= 0.6 is 0 Å². The molecule has 3 fully saturated rings. The van der Waals surface area contributed by atoms with Gasteiger partial charge in [0.15, 0.2) is 5.43 Å². The largest absolute Gasteiger partial charge is 0.443 e. The minimum atomic E-state index is -0.523. The van der Waals surface area contributed by atoms with Crippen LogP contribution in [0.15, 0.2) is 34.8 Å². The molecule has 0 aromatic carbocycles. The number of carbonyl (C=O) groups excluding carboxylic acids is 1. The van der Waals surface area contributed by atoms with E-state index in [1.807, 2.05) is 13.8 Å². The molecule has 1 aromatic heterocycles. The molecule has 34 heavy (non-hydrogen) atoms. The van der Waals surface area contributed by atoms with E-state index in [-0.39, 0.29) is 46.7 Å². The van der Waals surface area contributed by atoms with Crippen LogP contribution in [0.1, 0.15) is 65.6 Å². The summed E-state index contributed by atoms with van der Waals surface area (Å²) in [5.41, 5.74) is 1.15. The van der Waals surface area contributed by atoms with Gasteiger partial charge < -0.3 is 29.2 Å². The Labute approximate surface area is 201 Å². The summed E-state index contributed by atoms with van der Waals surface area (Å²) in [5, 5.41) is 2.94. The fourth-order valence-electron chi connectivity index (χ4n) is 5.61. The minimum absolute atomic E-state index is 0.0292. The third kappa shape index (κ3) is 4.95. The third-order valence-corrected chi connectivity index (χ3v) is 7.57. The van der Waals surface area contributed by atoms with Gasteiger partial charge in [0, 0.05) is 31.1 Å². The van der Waals surface area contributed by atoms with Crippen molar-refractivity contribution in [1.29, 1.82) is 0 Å². The number of epoxide rings is 2. The first-order chi connectivity index (χ1) is 16.1. The van der Waals surface area contributed by atoms with E-state index < -0.39 is 12.2 Å². The molecule has 2 N–H and O–H groups in total. The van der Waals surface area contributed by atoms with Crippen LogP contribution in [0.5, 0.6) is 0 Å². The number of hydrogen-bond donors (Lipinski definition) is 2. The van der Waals surface area contributed by atoms with Crippen LogP contribution < -0.4 is 10.7 Å². The lowest BCUT2D eigenvalue weighted by atomic mass is 9.68. The van der Waals surface area contributed by atoms with E-state index in [1.54, 1.807) is 13.3 Å². The van der Waals surface area contributed by atoms with E-state index in [0.29, 0.717) is 18.7 Å². The van der Waals surface area contributed by atoms with Crippen molar-refractivity contribution in [2.24, 2.45) is 11.8 Å². The van der Waals surface area contributed by atoms with E-state index in [9.17, 15) is 9.59 Å². The Balaban J connectivity index is 1.47. The molecule has 4 rings (SSSR count). The fraction of sp³-hybridized carbons (Fsp3) is 0.692. The molecule has 1 amide bonds. The molecule has 8 heteroatoms. The molecule has 3 heterocycles. The Morgan fingerprint density at radius 3 is 2.71 bits per heavy atom. The Hall–Kier alpha value is -2.16. The van der Waals surface area contributed by atoms with Crippen molar-refractivity contribution in [2.45, 2.75) is 89.4 Å². The molecule has 1 saturated carbocycles. The van der Waals surface area contributed by atoms with Crippen molar-refractivity contribution in [3.8, 4) is 0 Å². The summed E-state index contributed by atoms with van der Waals surface area (Å²) in [6, 6.07) is 2.58. The molecular formula is C26H38N2O6. The number of pyridine rings is 1. The van der Waals surface area contributed by atoms with Gasteiger partial charge in [-0.05, 0) is 46.0 Å². The Bertz CT molecular complexity index is 980. The molecule has 2 aliphatic heterocycles. The highest BCUT2D eigenvalue weighted by Crippen LogP contribution is 2.59. The second-order valence-electron chi connectivity index (χ2n) is 10.7. The third-order valence-electron chi connectivity index (χ3n) is 7.57. The number of alkyl carbamates (subject to hydrolysis) is 1. The number of hydrogen-bond acceptors (Lipinski definition) is 6. The van der Waals surface area contributed by atoms with Crippen LogP contribution in [0.2, 0.25) is 0 Å². The first-order valence-electron chi connectivity index (χ1n) is 12.2. The average Bonchev–Trinajstić information content (AvgIpc) is 3.69. The molecule has 1 aromatic rings. The molecule has 8 nitrogen and oxygen atoms in total. The van der Waals surface area contributed by atoms with E-state index in [2.05, 4.69) is 37.1 Å². The van der Waals surface area contributed by atoms with Crippen LogP contribution in [0.3, 0.4) is 0 Å². The van der Waals surface area contributed by atoms with Crippen molar-refractivity contribution < 1.29 is 23.7 Å². The molecule has 0 radical (unpaired) electrons. The average molecular weight is 475 g/mol. The van der Waals surface area contributed by atoms with Crippen LogP contribution in [-0.4, -0.2) is 54.3 Å². The van der Waals surface area contributed by atoms with Gasteiger partial charge in [-0.1, -0.05) is 25.5 Å². The molecular weight excluding hydrogens is 436 g/mol. The van der Waals surface area contributed by atoms with Gasteiger partial charge in [0.05, 0.1) is 24.7 Å². The maximum absolute atomic E-state index is 13.0. The Morgan fingerprint density at radius 1 is 1.38 bits per heavy atom. The standard InChI is InChI=1S/C26H38N2O6/c1-15(2)7-8-20-25(5,34-20)23-22(31-6)19(9-11-26(23)14-32-26)33-24(30)28-21(16(3)4)18-13-17(29)10-12-27-18/h7,10,12-13,16,19-23H,8-9,11,14H2,1-6H3,(H,27,29)(H,28,30)/t19-,20-,21+,22-,23?,25+,26+/m1/s1. The van der Waals surface area contributed by atoms with Gasteiger partial charge in [0.1, 0.15) is 23.4 Å². The number of ether oxygens (including phenoxy) is 4. The molecule has 0 bridgehead atoms. The number of aromatic nitrogens is 1. The summed E-state index contributed by atoms with van der Waals surface area (Å²) in [6.07, 6.45) is 4.90. The number of carbonyl (C=O) groups is 1. The molecule has 7 atom stereocenters. The SMILES string of the molecule is CO[C@H]1C([C@@]2(C)O[C@@H]2CC=C(C)C)[C@]2(CC[C@H]1OC(=O)N[C@H](c1cc(=O)cc[nH]1)C(C)C)CO2. The smallest absolute Gasteiger partial charge is 0.408 e. The topological polar surface area (TPSA) is 105 Å². The molecule has 188 valence electrons. The van der Waals surface area contributed by atoms with Crippen LogP contribution in [0.25, 0.3) is 0 Å². The zero-order chi connectivity index (χ0) is 24.7. The monoisotopic (exact) mass is 474 g/mol. The highest BCUT2D eigenvalue weighted by molar-refractivity contribution is 5.68. The first-order valence-corrected chi connectivity index (χ1v) is 12.2. The van der Waals surface area contributed by atoms with E-state index in [0.717, 1.165) is 12.8 Å². The molecule has 1 spiro atoms. The number of aromatic amines is 1. The quantitative estimate of drug-likeness (QED) is 0.438. The fourth-order valence-corrected chi connectivity index (χ4v) is 5.61. The van der Waals surface area contributed by atoms with Gasteiger partial charge in [-0.2, -0.15) is 0 Å². The predicted octanol–water partition coefficient (Wildman–Crippen LogP) is 3.87.